The Morgan fingerprint density at radius 1 is 1.25 bits per heavy atom. The van der Waals surface area contributed by atoms with Gasteiger partial charge in [-0.25, -0.2) is 4.98 Å². The maximum absolute atomic E-state index is 5.89. The Kier molecular flexibility index (Phi) is 4.71. The Morgan fingerprint density at radius 2 is 2.00 bits per heavy atom. The molecule has 20 heavy (non-hydrogen) atoms. The van der Waals surface area contributed by atoms with E-state index in [4.69, 9.17) is 9.47 Å². The fourth-order valence-corrected chi connectivity index (χ4v) is 1.92. The molecule has 1 aromatic heterocycles. The number of aliphatic imine (C=N–C) groups is 1. The number of hydrogen-bond acceptors (Lipinski definition) is 4. The van der Waals surface area contributed by atoms with E-state index in [9.17, 15) is 0 Å². The molecule has 0 fully saturated rings. The second-order valence-electron chi connectivity index (χ2n) is 4.38. The number of ether oxygens (including phenoxy) is 2. The van der Waals surface area contributed by atoms with Gasteiger partial charge in [-0.1, -0.05) is 30.3 Å². The molecule has 104 valence electrons. The molecule has 0 aliphatic carbocycles. The summed E-state index contributed by atoms with van der Waals surface area (Å²) in [7, 11) is 1.59. The molecule has 2 aromatic rings. The van der Waals surface area contributed by atoms with Crippen molar-refractivity contribution in [2.24, 2.45) is 4.99 Å². The number of nitrogens with zero attached hydrogens (tertiary/aromatic N) is 2. The third-order valence-electron chi connectivity index (χ3n) is 2.98. The minimum absolute atomic E-state index is 0.479. The van der Waals surface area contributed by atoms with E-state index < -0.39 is 0 Å². The lowest BCUT2D eigenvalue weighted by Crippen LogP contribution is -2.03. The van der Waals surface area contributed by atoms with Crippen LogP contribution in [0.15, 0.2) is 41.4 Å². The van der Waals surface area contributed by atoms with Crippen molar-refractivity contribution >= 4 is 6.72 Å². The highest BCUT2D eigenvalue weighted by atomic mass is 16.5. The molecule has 0 saturated heterocycles. The molecular formula is C16H18N2O2. The molecule has 4 heteroatoms. The molecule has 4 nitrogen and oxygen atoms in total. The molecule has 0 aliphatic rings. The van der Waals surface area contributed by atoms with Crippen LogP contribution >= 0.6 is 0 Å². The number of aryl methyl sites for hydroxylation is 1. The molecule has 0 N–H and O–H groups in total. The Labute approximate surface area is 119 Å². The Bertz CT molecular complexity index is 583. The quantitative estimate of drug-likeness (QED) is 0.757. The van der Waals surface area contributed by atoms with Gasteiger partial charge in [0.2, 0.25) is 5.88 Å². The normalized spacial score (nSPS) is 10.1. The van der Waals surface area contributed by atoms with Gasteiger partial charge in [0.25, 0.3) is 0 Å². The molecule has 0 amide bonds. The van der Waals surface area contributed by atoms with Crippen LogP contribution in [0, 0.1) is 6.92 Å². The van der Waals surface area contributed by atoms with Gasteiger partial charge in [0, 0.05) is 11.6 Å². The molecular weight excluding hydrogens is 252 g/mol. The number of rotatable bonds is 6. The Hall–Kier alpha value is -2.36. The molecule has 1 heterocycles. The van der Waals surface area contributed by atoms with Gasteiger partial charge < -0.3 is 9.47 Å². The van der Waals surface area contributed by atoms with Crippen LogP contribution in [0.2, 0.25) is 0 Å². The monoisotopic (exact) mass is 270 g/mol. The lowest BCUT2D eigenvalue weighted by atomic mass is 10.2. The third-order valence-corrected chi connectivity index (χ3v) is 2.98. The van der Waals surface area contributed by atoms with E-state index in [0.717, 1.165) is 22.6 Å². The van der Waals surface area contributed by atoms with Crippen molar-refractivity contribution in [3.05, 3.63) is 53.2 Å². The van der Waals surface area contributed by atoms with E-state index in [-0.39, 0.29) is 0 Å². The smallest absolute Gasteiger partial charge is 0.216 e. The summed E-state index contributed by atoms with van der Waals surface area (Å²) in [6.45, 7) is 6.43. The second-order valence-corrected chi connectivity index (χ2v) is 4.38. The molecule has 0 atom stereocenters. The zero-order chi connectivity index (χ0) is 14.4. The van der Waals surface area contributed by atoms with Crippen LogP contribution in [0.1, 0.15) is 16.8 Å². The van der Waals surface area contributed by atoms with Crippen molar-refractivity contribution in [2.45, 2.75) is 20.1 Å². The molecule has 0 radical (unpaired) electrons. The molecule has 0 aliphatic heterocycles. The van der Waals surface area contributed by atoms with Gasteiger partial charge in [0.15, 0.2) is 0 Å². The largest absolute Gasteiger partial charge is 0.488 e. The van der Waals surface area contributed by atoms with E-state index in [0.29, 0.717) is 19.0 Å². The van der Waals surface area contributed by atoms with Gasteiger partial charge >= 0.3 is 0 Å². The van der Waals surface area contributed by atoms with Crippen LogP contribution in [0.4, 0.5) is 0 Å². The number of hydrogen-bond donors (Lipinski definition) is 0. The fourth-order valence-electron chi connectivity index (χ4n) is 1.92. The first-order valence-electron chi connectivity index (χ1n) is 6.38. The molecule has 0 unspecified atom stereocenters. The van der Waals surface area contributed by atoms with Crippen LogP contribution in [0.5, 0.6) is 11.6 Å². The summed E-state index contributed by atoms with van der Waals surface area (Å²) in [5.74, 6) is 1.28. The second kappa shape index (κ2) is 6.70. The predicted molar refractivity (Wildman–Crippen MR) is 79.6 cm³/mol. The van der Waals surface area contributed by atoms with Crippen LogP contribution in [0.25, 0.3) is 0 Å². The molecule has 0 bridgehead atoms. The fraction of sp³-hybridized carbons (Fsp3) is 0.250. The first-order valence-corrected chi connectivity index (χ1v) is 6.38. The van der Waals surface area contributed by atoms with Gasteiger partial charge in [-0.3, -0.25) is 4.99 Å². The van der Waals surface area contributed by atoms with Crippen molar-refractivity contribution in [3.63, 3.8) is 0 Å². The summed E-state index contributed by atoms with van der Waals surface area (Å²) in [5, 5.41) is 0. The molecule has 0 spiro atoms. The molecule has 2 rings (SSSR count). The highest BCUT2D eigenvalue weighted by Crippen LogP contribution is 2.27. The van der Waals surface area contributed by atoms with Crippen molar-refractivity contribution in [1.82, 2.24) is 4.98 Å². The minimum atomic E-state index is 0.479. The third kappa shape index (κ3) is 3.35. The highest BCUT2D eigenvalue weighted by molar-refractivity contribution is 5.41. The van der Waals surface area contributed by atoms with Crippen molar-refractivity contribution in [3.8, 4) is 11.6 Å². The highest BCUT2D eigenvalue weighted by Gasteiger charge is 2.11. The van der Waals surface area contributed by atoms with Gasteiger partial charge in [-0.15, -0.1) is 0 Å². The number of aromatic nitrogens is 1. The summed E-state index contributed by atoms with van der Waals surface area (Å²) >= 11 is 0. The topological polar surface area (TPSA) is 43.7 Å². The van der Waals surface area contributed by atoms with Crippen molar-refractivity contribution < 1.29 is 9.47 Å². The Morgan fingerprint density at radius 3 is 2.65 bits per heavy atom. The van der Waals surface area contributed by atoms with Crippen LogP contribution < -0.4 is 9.47 Å². The predicted octanol–water partition coefficient (Wildman–Crippen LogP) is 3.18. The summed E-state index contributed by atoms with van der Waals surface area (Å²) in [5.41, 5.74) is 2.90. The number of methoxy groups -OCH3 is 1. The summed E-state index contributed by atoms with van der Waals surface area (Å²) < 4.78 is 11.1. The number of pyridine rings is 1. The zero-order valence-electron chi connectivity index (χ0n) is 11.8. The van der Waals surface area contributed by atoms with Gasteiger partial charge in [0.05, 0.1) is 19.3 Å². The minimum Gasteiger partial charge on any atom is -0.488 e. The average molecular weight is 270 g/mol. The molecule has 1 aromatic carbocycles. The first-order chi connectivity index (χ1) is 9.74. The average Bonchev–Trinajstić information content (AvgIpc) is 2.48. The first kappa shape index (κ1) is 14.1. The van der Waals surface area contributed by atoms with Crippen LogP contribution in [-0.2, 0) is 13.2 Å². The lowest BCUT2D eigenvalue weighted by molar-refractivity contribution is 0.298. The van der Waals surface area contributed by atoms with E-state index in [2.05, 4.69) is 16.7 Å². The lowest BCUT2D eigenvalue weighted by Gasteiger charge is -2.13. The van der Waals surface area contributed by atoms with Crippen LogP contribution in [-0.4, -0.2) is 18.8 Å². The standard InChI is InChI=1S/C16H18N2O2/c1-12-14(10-17-2)15(9-16(18-12)19-3)20-11-13-7-5-4-6-8-13/h4-9H,2,10-11H2,1,3H3. The van der Waals surface area contributed by atoms with Gasteiger partial charge in [-0.2, -0.15) is 0 Å². The van der Waals surface area contributed by atoms with Gasteiger partial charge in [0.1, 0.15) is 12.4 Å². The SMILES string of the molecule is C=NCc1c(OCc2ccccc2)cc(OC)nc1C. The summed E-state index contributed by atoms with van der Waals surface area (Å²) in [6.07, 6.45) is 0. The number of benzene rings is 1. The Balaban J connectivity index is 2.24. The van der Waals surface area contributed by atoms with E-state index in [1.165, 1.54) is 0 Å². The maximum atomic E-state index is 5.89. The maximum Gasteiger partial charge on any atom is 0.216 e. The van der Waals surface area contributed by atoms with E-state index in [1.54, 1.807) is 13.2 Å². The summed E-state index contributed by atoms with van der Waals surface area (Å²) in [4.78, 5) is 8.26. The zero-order valence-corrected chi connectivity index (χ0v) is 11.8. The van der Waals surface area contributed by atoms with Crippen molar-refractivity contribution in [1.29, 1.82) is 0 Å². The van der Waals surface area contributed by atoms with Gasteiger partial charge in [-0.05, 0) is 19.2 Å². The van der Waals surface area contributed by atoms with Crippen LogP contribution in [0.3, 0.4) is 0 Å². The van der Waals surface area contributed by atoms with E-state index in [1.807, 2.05) is 37.3 Å². The van der Waals surface area contributed by atoms with E-state index >= 15 is 0 Å². The van der Waals surface area contributed by atoms with Crippen molar-refractivity contribution in [2.75, 3.05) is 7.11 Å². The summed E-state index contributed by atoms with van der Waals surface area (Å²) in [6, 6.07) is 11.8. The molecule has 0 saturated carbocycles.